The second-order valence-corrected chi connectivity index (χ2v) is 13.7. The van der Waals surface area contributed by atoms with Gasteiger partial charge in [-0.05, 0) is 99.1 Å². The molecule has 2 unspecified atom stereocenters. The van der Waals surface area contributed by atoms with Crippen molar-refractivity contribution in [1.82, 2.24) is 20.6 Å². The number of aromatic nitrogens is 2. The Labute approximate surface area is 322 Å². The van der Waals surface area contributed by atoms with Crippen molar-refractivity contribution in [2.24, 2.45) is 0 Å². The zero-order valence-electron chi connectivity index (χ0n) is 30.7. The van der Waals surface area contributed by atoms with E-state index in [0.29, 0.717) is 37.8 Å². The Morgan fingerprint density at radius 2 is 1.07 bits per heavy atom. The number of nitrogens with zero attached hydrogens (tertiary/aromatic N) is 2. The third kappa shape index (κ3) is 9.39. The summed E-state index contributed by atoms with van der Waals surface area (Å²) < 4.78 is 45.4. The summed E-state index contributed by atoms with van der Waals surface area (Å²) >= 11 is 0. The standard InChI is InChI=1S/C42H42N4O10/c47-41(55-31-7-3-27-5-9-33(53-39(27)21-31)23-43-15-1-17-49-29-11-13-37-35(19-29)45-25-51-37)42(48)56-32-8-4-28-6-10-34(54-40(28)22-32)24-44-16-2-18-50-30-12-14-38-36(20-30)46-26-52-38/h3-4,7-8,11-14,19-22,25-26,33-34,43-44H,1-2,5-6,9-10,15-18,23-24H2. The predicted molar refractivity (Wildman–Crippen MR) is 204 cm³/mol. The molecule has 2 aliphatic heterocycles. The van der Waals surface area contributed by atoms with Crippen molar-refractivity contribution in [3.05, 3.63) is 96.7 Å². The third-order valence-corrected chi connectivity index (χ3v) is 9.60. The van der Waals surface area contributed by atoms with Gasteiger partial charge in [0.2, 0.25) is 0 Å². The van der Waals surface area contributed by atoms with Crippen molar-refractivity contribution < 1.29 is 46.8 Å². The Morgan fingerprint density at radius 3 is 1.55 bits per heavy atom. The Bertz CT molecular complexity index is 2130. The van der Waals surface area contributed by atoms with Crippen LogP contribution in [-0.4, -0.2) is 73.5 Å². The van der Waals surface area contributed by atoms with Gasteiger partial charge in [0.25, 0.3) is 0 Å². The number of esters is 2. The molecule has 290 valence electrons. The molecule has 14 nitrogen and oxygen atoms in total. The average molecular weight is 763 g/mol. The van der Waals surface area contributed by atoms with Crippen LogP contribution in [0.25, 0.3) is 22.2 Å². The number of benzene rings is 4. The molecule has 56 heavy (non-hydrogen) atoms. The van der Waals surface area contributed by atoms with Crippen LogP contribution in [0, 0.1) is 0 Å². The molecule has 0 aliphatic carbocycles. The lowest BCUT2D eigenvalue weighted by Crippen LogP contribution is -2.35. The summed E-state index contributed by atoms with van der Waals surface area (Å²) in [7, 11) is 0. The van der Waals surface area contributed by atoms with Gasteiger partial charge in [0.15, 0.2) is 24.0 Å². The summed E-state index contributed by atoms with van der Waals surface area (Å²) in [5.41, 5.74) is 5.01. The number of fused-ring (bicyclic) bond motifs is 4. The van der Waals surface area contributed by atoms with Crippen LogP contribution in [0.2, 0.25) is 0 Å². The van der Waals surface area contributed by atoms with Crippen LogP contribution in [0.15, 0.2) is 94.4 Å². The molecule has 4 heterocycles. The molecule has 0 spiro atoms. The summed E-state index contributed by atoms with van der Waals surface area (Å²) in [6.07, 6.45) is 7.70. The van der Waals surface area contributed by atoms with E-state index in [2.05, 4.69) is 20.6 Å². The summed E-state index contributed by atoms with van der Waals surface area (Å²) in [5, 5.41) is 6.86. The first-order valence-electron chi connectivity index (χ1n) is 18.9. The molecule has 2 aliphatic rings. The molecule has 0 radical (unpaired) electrons. The van der Waals surface area contributed by atoms with E-state index in [1.54, 1.807) is 24.3 Å². The van der Waals surface area contributed by atoms with E-state index in [9.17, 15) is 9.59 Å². The molecule has 14 heteroatoms. The monoisotopic (exact) mass is 762 g/mol. The van der Waals surface area contributed by atoms with Gasteiger partial charge in [-0.15, -0.1) is 0 Å². The van der Waals surface area contributed by atoms with Gasteiger partial charge in [-0.1, -0.05) is 12.1 Å². The minimum Gasteiger partial charge on any atom is -0.493 e. The first-order chi connectivity index (χ1) is 27.5. The smallest absolute Gasteiger partial charge is 0.423 e. The number of nitrogens with one attached hydrogen (secondary N) is 2. The highest BCUT2D eigenvalue weighted by Crippen LogP contribution is 2.33. The second kappa shape index (κ2) is 17.6. The van der Waals surface area contributed by atoms with Crippen molar-refractivity contribution in [1.29, 1.82) is 0 Å². The van der Waals surface area contributed by atoms with E-state index >= 15 is 0 Å². The maximum absolute atomic E-state index is 12.7. The van der Waals surface area contributed by atoms with Crippen molar-refractivity contribution in [2.45, 2.75) is 50.7 Å². The number of ether oxygens (including phenoxy) is 6. The zero-order chi connectivity index (χ0) is 38.1. The highest BCUT2D eigenvalue weighted by atomic mass is 16.6. The van der Waals surface area contributed by atoms with E-state index in [1.165, 1.54) is 12.8 Å². The number of rotatable bonds is 16. The largest absolute Gasteiger partial charge is 0.493 e. The normalized spacial score (nSPS) is 16.0. The van der Waals surface area contributed by atoms with E-state index in [4.69, 9.17) is 37.3 Å². The van der Waals surface area contributed by atoms with Crippen molar-refractivity contribution >= 4 is 34.1 Å². The zero-order valence-corrected chi connectivity index (χ0v) is 30.7. The highest BCUT2D eigenvalue weighted by molar-refractivity contribution is 6.31. The third-order valence-electron chi connectivity index (χ3n) is 9.60. The lowest BCUT2D eigenvalue weighted by Gasteiger charge is -2.27. The van der Waals surface area contributed by atoms with Gasteiger partial charge in [-0.3, -0.25) is 0 Å². The van der Waals surface area contributed by atoms with Crippen molar-refractivity contribution in [3.8, 4) is 34.5 Å². The molecule has 0 saturated carbocycles. The summed E-state index contributed by atoms with van der Waals surface area (Å²) in [4.78, 5) is 33.8. The fraction of sp³-hybridized carbons (Fsp3) is 0.333. The SMILES string of the molecule is O=C(Oc1ccc2c(c1)OC(CNCCCOc1ccc3ocnc3c1)CC2)C(=O)Oc1ccc2c(c1)OC(CNCCCOc1ccc3ocnc3c1)CC2. The molecule has 4 aromatic carbocycles. The predicted octanol–water partition coefficient (Wildman–Crippen LogP) is 5.98. The van der Waals surface area contributed by atoms with E-state index < -0.39 is 11.9 Å². The fourth-order valence-electron chi connectivity index (χ4n) is 6.68. The molecule has 6 aromatic rings. The molecule has 2 N–H and O–H groups in total. The van der Waals surface area contributed by atoms with Gasteiger partial charge >= 0.3 is 11.9 Å². The number of aryl methyl sites for hydroxylation is 2. The molecular weight excluding hydrogens is 720 g/mol. The van der Waals surface area contributed by atoms with Gasteiger partial charge in [-0.2, -0.15) is 0 Å². The summed E-state index contributed by atoms with van der Waals surface area (Å²) in [6.45, 7) is 3.95. The summed E-state index contributed by atoms with van der Waals surface area (Å²) in [6, 6.07) is 21.4. The number of carbonyl (C=O) groups is 2. The molecule has 0 fully saturated rings. The molecule has 0 saturated heterocycles. The van der Waals surface area contributed by atoms with Crippen LogP contribution >= 0.6 is 0 Å². The Hall–Kier alpha value is -6.12. The number of oxazole rings is 2. The maximum atomic E-state index is 12.7. The number of hydrogen-bond acceptors (Lipinski definition) is 14. The van der Waals surface area contributed by atoms with Gasteiger partial charge in [0, 0.05) is 37.4 Å². The van der Waals surface area contributed by atoms with Crippen LogP contribution in [0.3, 0.4) is 0 Å². The molecular formula is C42H42N4O10. The van der Waals surface area contributed by atoms with Crippen molar-refractivity contribution in [2.75, 3.05) is 39.4 Å². The lowest BCUT2D eigenvalue weighted by molar-refractivity contribution is -0.156. The first kappa shape index (κ1) is 36.8. The van der Waals surface area contributed by atoms with E-state index in [-0.39, 0.29) is 23.7 Å². The Kier molecular flexibility index (Phi) is 11.6. The van der Waals surface area contributed by atoms with Crippen LogP contribution in [0.5, 0.6) is 34.5 Å². The van der Waals surface area contributed by atoms with Gasteiger partial charge < -0.3 is 47.9 Å². The lowest BCUT2D eigenvalue weighted by atomic mass is 10.0. The number of hydrogen-bond donors (Lipinski definition) is 2. The fourth-order valence-corrected chi connectivity index (χ4v) is 6.68. The molecule has 0 bridgehead atoms. The van der Waals surface area contributed by atoms with Crippen LogP contribution in [0.4, 0.5) is 0 Å². The van der Waals surface area contributed by atoms with Crippen LogP contribution < -0.4 is 39.1 Å². The topological polar surface area (TPSA) is 166 Å². The number of carbonyl (C=O) groups excluding carboxylic acids is 2. The average Bonchev–Trinajstić information content (AvgIpc) is 3.89. The van der Waals surface area contributed by atoms with Gasteiger partial charge in [-0.25, -0.2) is 19.6 Å². The minimum absolute atomic E-state index is 0.0525. The summed E-state index contributed by atoms with van der Waals surface area (Å²) in [5.74, 6) is 0.884. The minimum atomic E-state index is -1.13. The molecule has 0 amide bonds. The Morgan fingerprint density at radius 1 is 0.607 bits per heavy atom. The molecule has 2 atom stereocenters. The van der Waals surface area contributed by atoms with E-state index in [1.807, 2.05) is 48.5 Å². The highest BCUT2D eigenvalue weighted by Gasteiger charge is 2.25. The van der Waals surface area contributed by atoms with Crippen molar-refractivity contribution in [3.63, 3.8) is 0 Å². The maximum Gasteiger partial charge on any atom is 0.423 e. The van der Waals surface area contributed by atoms with Gasteiger partial charge in [0.05, 0.1) is 13.2 Å². The van der Waals surface area contributed by atoms with Crippen LogP contribution in [-0.2, 0) is 22.4 Å². The van der Waals surface area contributed by atoms with E-state index in [0.717, 1.165) is 96.4 Å². The molecule has 2 aromatic heterocycles. The first-order valence-corrected chi connectivity index (χ1v) is 18.9. The molecule has 8 rings (SSSR count). The van der Waals surface area contributed by atoms with Gasteiger partial charge in [0.1, 0.15) is 57.7 Å². The quantitative estimate of drug-likeness (QED) is 0.0512. The Balaban J connectivity index is 0.733. The second-order valence-electron chi connectivity index (χ2n) is 13.7. The van der Waals surface area contributed by atoms with Crippen LogP contribution in [0.1, 0.15) is 36.8 Å².